The number of rotatable bonds is 5. The lowest BCUT2D eigenvalue weighted by molar-refractivity contribution is -0.200. The first-order valence-electron chi connectivity index (χ1n) is 6.92. The Balaban J connectivity index is 1.85. The van der Waals surface area contributed by atoms with Gasteiger partial charge in [0.2, 0.25) is 5.91 Å². The van der Waals surface area contributed by atoms with Crippen molar-refractivity contribution in [2.75, 3.05) is 19.7 Å². The van der Waals surface area contributed by atoms with Crippen LogP contribution in [0.4, 0.5) is 13.2 Å². The molecule has 1 fully saturated rings. The Hall–Kier alpha value is -1.56. The van der Waals surface area contributed by atoms with E-state index in [9.17, 15) is 18.0 Å². The molecule has 0 bridgehead atoms. The number of amides is 1. The summed E-state index contributed by atoms with van der Waals surface area (Å²) in [5.41, 5.74) is 0.935. The molecule has 21 heavy (non-hydrogen) atoms. The van der Waals surface area contributed by atoms with Crippen molar-refractivity contribution in [2.45, 2.75) is 31.5 Å². The van der Waals surface area contributed by atoms with Crippen LogP contribution in [-0.4, -0.2) is 42.8 Å². The van der Waals surface area contributed by atoms with Gasteiger partial charge in [0.15, 0.2) is 0 Å². The maximum absolute atomic E-state index is 12.4. The number of hydrogen-bond acceptors (Lipinski definition) is 2. The van der Waals surface area contributed by atoms with E-state index >= 15 is 0 Å². The molecule has 1 aromatic carbocycles. The van der Waals surface area contributed by atoms with Crippen LogP contribution in [0.2, 0.25) is 0 Å². The van der Waals surface area contributed by atoms with E-state index in [-0.39, 0.29) is 24.9 Å². The Morgan fingerprint density at radius 2 is 1.95 bits per heavy atom. The summed E-state index contributed by atoms with van der Waals surface area (Å²) in [6.45, 7) is 1.14. The van der Waals surface area contributed by atoms with E-state index in [4.69, 9.17) is 4.74 Å². The van der Waals surface area contributed by atoms with Gasteiger partial charge in [-0.1, -0.05) is 37.3 Å². The van der Waals surface area contributed by atoms with Crippen LogP contribution < -0.4 is 0 Å². The maximum atomic E-state index is 12.4. The van der Waals surface area contributed by atoms with Crippen LogP contribution in [0.5, 0.6) is 0 Å². The van der Waals surface area contributed by atoms with Crippen LogP contribution >= 0.6 is 0 Å². The molecule has 0 N–H and O–H groups in total. The van der Waals surface area contributed by atoms with Crippen molar-refractivity contribution < 1.29 is 22.7 Å². The van der Waals surface area contributed by atoms with Crippen LogP contribution in [0.25, 0.3) is 0 Å². The van der Waals surface area contributed by atoms with E-state index in [0.29, 0.717) is 6.42 Å². The van der Waals surface area contributed by atoms with Crippen LogP contribution in [-0.2, 0) is 9.53 Å². The highest BCUT2D eigenvalue weighted by Crippen LogP contribution is 2.26. The summed E-state index contributed by atoms with van der Waals surface area (Å²) >= 11 is 0. The minimum Gasteiger partial charge on any atom is -0.365 e. The Bertz CT molecular complexity index is 470. The van der Waals surface area contributed by atoms with Crippen LogP contribution in [0.3, 0.4) is 0 Å². The molecule has 3 nitrogen and oxygen atoms in total. The second kappa shape index (κ2) is 6.47. The van der Waals surface area contributed by atoms with Crippen LogP contribution in [0.1, 0.15) is 24.8 Å². The van der Waals surface area contributed by atoms with Gasteiger partial charge >= 0.3 is 6.18 Å². The molecular weight excluding hydrogens is 283 g/mol. The molecule has 116 valence electrons. The lowest BCUT2D eigenvalue weighted by Crippen LogP contribution is -2.56. The van der Waals surface area contributed by atoms with E-state index in [1.165, 1.54) is 0 Å². The lowest BCUT2D eigenvalue weighted by Gasteiger charge is -2.40. The number of halogens is 3. The van der Waals surface area contributed by atoms with Gasteiger partial charge in [0.05, 0.1) is 12.0 Å². The summed E-state index contributed by atoms with van der Waals surface area (Å²) in [4.78, 5) is 13.9. The number of carbonyl (C=O) groups is 1. The summed E-state index contributed by atoms with van der Waals surface area (Å²) < 4.78 is 40.8. The molecule has 1 atom stereocenters. The van der Waals surface area contributed by atoms with Gasteiger partial charge in [0.1, 0.15) is 6.61 Å². The molecule has 1 amide bonds. The standard InChI is InChI=1S/C15H18F3NO2/c1-2-13(11-6-4-3-5-7-11)14(20)19-8-12(9-19)21-10-15(16,17)18/h3-7,12-13H,2,8-10H2,1H3/t13-/m0/s1. The zero-order valence-corrected chi connectivity index (χ0v) is 11.8. The lowest BCUT2D eigenvalue weighted by atomic mass is 9.93. The van der Waals surface area contributed by atoms with Crippen molar-refractivity contribution in [1.29, 1.82) is 0 Å². The number of benzene rings is 1. The molecule has 1 aliphatic rings. The predicted octanol–water partition coefficient (Wildman–Crippen LogP) is 2.97. The molecule has 6 heteroatoms. The van der Waals surface area contributed by atoms with Gasteiger partial charge < -0.3 is 9.64 Å². The summed E-state index contributed by atoms with van der Waals surface area (Å²) in [6.07, 6.45) is -4.17. The molecule has 0 unspecified atom stereocenters. The third-order valence-electron chi connectivity index (χ3n) is 3.55. The van der Waals surface area contributed by atoms with E-state index in [1.54, 1.807) is 4.90 Å². The third-order valence-corrected chi connectivity index (χ3v) is 3.55. The fourth-order valence-corrected chi connectivity index (χ4v) is 2.39. The van der Waals surface area contributed by atoms with Gasteiger partial charge in [-0.3, -0.25) is 4.79 Å². The first kappa shape index (κ1) is 15.8. The molecule has 1 aromatic rings. The summed E-state index contributed by atoms with van der Waals surface area (Å²) in [5.74, 6) is -0.287. The van der Waals surface area contributed by atoms with Crippen molar-refractivity contribution in [3.63, 3.8) is 0 Å². The summed E-state index contributed by atoms with van der Waals surface area (Å²) in [5, 5.41) is 0. The maximum Gasteiger partial charge on any atom is 0.411 e. The van der Waals surface area contributed by atoms with E-state index < -0.39 is 18.9 Å². The first-order valence-corrected chi connectivity index (χ1v) is 6.92. The molecule has 0 saturated carbocycles. The molecule has 1 aliphatic heterocycles. The van der Waals surface area contributed by atoms with Crippen LogP contribution in [0.15, 0.2) is 30.3 Å². The average Bonchev–Trinajstić information content (AvgIpc) is 2.37. The van der Waals surface area contributed by atoms with Crippen molar-refractivity contribution in [3.05, 3.63) is 35.9 Å². The fourth-order valence-electron chi connectivity index (χ4n) is 2.39. The smallest absolute Gasteiger partial charge is 0.365 e. The number of alkyl halides is 3. The minimum atomic E-state index is -4.32. The Labute approximate surface area is 121 Å². The minimum absolute atomic E-state index is 0.0458. The summed E-state index contributed by atoms with van der Waals surface area (Å²) in [6, 6.07) is 9.41. The fraction of sp³-hybridized carbons (Fsp3) is 0.533. The zero-order valence-electron chi connectivity index (χ0n) is 11.8. The highest BCUT2D eigenvalue weighted by atomic mass is 19.4. The average molecular weight is 301 g/mol. The van der Waals surface area contributed by atoms with Gasteiger partial charge in [-0.05, 0) is 12.0 Å². The molecule has 0 aliphatic carbocycles. The predicted molar refractivity (Wildman–Crippen MR) is 71.8 cm³/mol. The molecule has 1 saturated heterocycles. The van der Waals surface area contributed by atoms with Gasteiger partial charge in [-0.2, -0.15) is 13.2 Å². The molecular formula is C15H18F3NO2. The highest BCUT2D eigenvalue weighted by Gasteiger charge is 2.37. The van der Waals surface area contributed by atoms with E-state index in [0.717, 1.165) is 5.56 Å². The largest absolute Gasteiger partial charge is 0.411 e. The molecule has 0 radical (unpaired) electrons. The second-order valence-corrected chi connectivity index (χ2v) is 5.16. The van der Waals surface area contributed by atoms with E-state index in [1.807, 2.05) is 37.3 Å². The third kappa shape index (κ3) is 4.20. The molecule has 2 rings (SSSR count). The number of carbonyl (C=O) groups excluding carboxylic acids is 1. The van der Waals surface area contributed by atoms with Gasteiger partial charge in [-0.15, -0.1) is 0 Å². The number of ether oxygens (including phenoxy) is 1. The Morgan fingerprint density at radius 3 is 2.48 bits per heavy atom. The van der Waals surface area contributed by atoms with E-state index in [2.05, 4.69) is 0 Å². The zero-order chi connectivity index (χ0) is 15.5. The quantitative estimate of drug-likeness (QED) is 0.837. The Morgan fingerprint density at radius 1 is 1.33 bits per heavy atom. The highest BCUT2D eigenvalue weighted by molar-refractivity contribution is 5.84. The molecule has 1 heterocycles. The van der Waals surface area contributed by atoms with Crippen molar-refractivity contribution in [3.8, 4) is 0 Å². The summed E-state index contributed by atoms with van der Waals surface area (Å²) in [7, 11) is 0. The second-order valence-electron chi connectivity index (χ2n) is 5.16. The topological polar surface area (TPSA) is 29.5 Å². The van der Waals surface area contributed by atoms with Gasteiger partial charge in [0.25, 0.3) is 0 Å². The molecule has 0 aromatic heterocycles. The SMILES string of the molecule is CC[C@H](C(=O)N1CC(OCC(F)(F)F)C1)c1ccccc1. The van der Waals surface area contributed by atoms with Gasteiger partial charge in [0, 0.05) is 13.1 Å². The number of hydrogen-bond donors (Lipinski definition) is 0. The Kier molecular flexibility index (Phi) is 4.88. The van der Waals surface area contributed by atoms with Crippen molar-refractivity contribution >= 4 is 5.91 Å². The molecule has 0 spiro atoms. The number of likely N-dealkylation sites (tertiary alicyclic amines) is 1. The van der Waals surface area contributed by atoms with Crippen molar-refractivity contribution in [1.82, 2.24) is 4.90 Å². The van der Waals surface area contributed by atoms with Crippen molar-refractivity contribution in [2.24, 2.45) is 0 Å². The number of nitrogens with zero attached hydrogens (tertiary/aromatic N) is 1. The van der Waals surface area contributed by atoms with Gasteiger partial charge in [-0.25, -0.2) is 0 Å². The monoisotopic (exact) mass is 301 g/mol. The van der Waals surface area contributed by atoms with Crippen LogP contribution in [0, 0.1) is 0 Å². The normalized spacial score (nSPS) is 17.4. The first-order chi connectivity index (χ1) is 9.90.